The van der Waals surface area contributed by atoms with Crippen LogP contribution in [0.25, 0.3) is 11.0 Å². The summed E-state index contributed by atoms with van der Waals surface area (Å²) in [5, 5.41) is 6.07. The van der Waals surface area contributed by atoms with E-state index in [-0.39, 0.29) is 5.91 Å². The van der Waals surface area contributed by atoms with Crippen molar-refractivity contribution in [2.75, 3.05) is 11.9 Å². The van der Waals surface area contributed by atoms with E-state index in [9.17, 15) is 4.79 Å². The van der Waals surface area contributed by atoms with Crippen molar-refractivity contribution in [2.24, 2.45) is 0 Å². The number of fused-ring (bicyclic) bond motifs is 1. The lowest BCUT2D eigenvalue weighted by molar-refractivity contribution is -0.115. The average molecular weight is 258 g/mol. The van der Waals surface area contributed by atoms with Crippen LogP contribution in [0.15, 0.2) is 24.3 Å². The van der Waals surface area contributed by atoms with E-state index in [4.69, 9.17) is 0 Å². The van der Waals surface area contributed by atoms with Gasteiger partial charge in [-0.05, 0) is 25.0 Å². The number of hydrogen-bond donors (Lipinski definition) is 3. The van der Waals surface area contributed by atoms with Gasteiger partial charge in [-0.2, -0.15) is 0 Å². The van der Waals surface area contributed by atoms with Crippen molar-refractivity contribution in [3.8, 4) is 0 Å². The first-order valence-corrected chi connectivity index (χ1v) is 6.79. The summed E-state index contributed by atoms with van der Waals surface area (Å²) in [6.45, 7) is 0.349. The standard InChI is InChI=1S/C14H18N4O/c19-13(9-15-10-5-1-2-6-10)18-14-16-11-7-3-4-8-12(11)17-14/h3-4,7-8,10,15H,1-2,5-6,9H2,(H2,16,17,18,19). The highest BCUT2D eigenvalue weighted by molar-refractivity contribution is 5.92. The number of aromatic amines is 1. The normalized spacial score (nSPS) is 16.0. The molecule has 0 bridgehead atoms. The fraction of sp³-hybridized carbons (Fsp3) is 0.429. The maximum Gasteiger partial charge on any atom is 0.240 e. The molecule has 0 aliphatic heterocycles. The topological polar surface area (TPSA) is 69.8 Å². The molecule has 0 atom stereocenters. The van der Waals surface area contributed by atoms with Crippen molar-refractivity contribution >= 4 is 22.9 Å². The number of benzene rings is 1. The Morgan fingerprint density at radius 1 is 1.32 bits per heavy atom. The molecule has 1 saturated carbocycles. The number of para-hydroxylation sites is 2. The Bertz CT molecular complexity index is 539. The molecule has 1 aliphatic carbocycles. The number of rotatable bonds is 4. The molecule has 5 nitrogen and oxygen atoms in total. The minimum atomic E-state index is -0.0500. The number of aromatic nitrogens is 2. The highest BCUT2D eigenvalue weighted by atomic mass is 16.2. The lowest BCUT2D eigenvalue weighted by Crippen LogP contribution is -2.34. The zero-order valence-electron chi connectivity index (χ0n) is 10.8. The van der Waals surface area contributed by atoms with Crippen molar-refractivity contribution in [2.45, 2.75) is 31.7 Å². The number of nitrogens with one attached hydrogen (secondary N) is 3. The van der Waals surface area contributed by atoms with Crippen LogP contribution in [-0.4, -0.2) is 28.5 Å². The van der Waals surface area contributed by atoms with Crippen LogP contribution in [-0.2, 0) is 4.79 Å². The molecule has 1 fully saturated rings. The van der Waals surface area contributed by atoms with E-state index in [1.807, 2.05) is 24.3 Å². The van der Waals surface area contributed by atoms with Gasteiger partial charge in [-0.15, -0.1) is 0 Å². The lowest BCUT2D eigenvalue weighted by Gasteiger charge is -2.10. The number of nitrogens with zero attached hydrogens (tertiary/aromatic N) is 1. The van der Waals surface area contributed by atoms with Gasteiger partial charge < -0.3 is 10.3 Å². The second-order valence-electron chi connectivity index (χ2n) is 5.01. The third-order valence-electron chi connectivity index (χ3n) is 3.55. The molecular formula is C14H18N4O. The van der Waals surface area contributed by atoms with E-state index >= 15 is 0 Å². The molecule has 19 heavy (non-hydrogen) atoms. The number of carbonyl (C=O) groups excluding carboxylic acids is 1. The Morgan fingerprint density at radius 3 is 2.89 bits per heavy atom. The van der Waals surface area contributed by atoms with Crippen LogP contribution in [0.5, 0.6) is 0 Å². The van der Waals surface area contributed by atoms with Gasteiger partial charge >= 0.3 is 0 Å². The number of carbonyl (C=O) groups is 1. The van der Waals surface area contributed by atoms with Crippen molar-refractivity contribution in [1.29, 1.82) is 0 Å². The van der Waals surface area contributed by atoms with Crippen LogP contribution in [0, 0.1) is 0 Å². The molecule has 0 unspecified atom stereocenters. The lowest BCUT2D eigenvalue weighted by atomic mass is 10.2. The quantitative estimate of drug-likeness (QED) is 0.786. The molecule has 1 aromatic carbocycles. The van der Waals surface area contributed by atoms with Crippen molar-refractivity contribution < 1.29 is 4.79 Å². The van der Waals surface area contributed by atoms with Crippen LogP contribution in [0.3, 0.4) is 0 Å². The fourth-order valence-corrected chi connectivity index (χ4v) is 2.56. The molecular weight excluding hydrogens is 240 g/mol. The predicted octanol–water partition coefficient (Wildman–Crippen LogP) is 2.03. The van der Waals surface area contributed by atoms with Crippen LogP contribution in [0.1, 0.15) is 25.7 Å². The number of amides is 1. The molecule has 1 aliphatic rings. The van der Waals surface area contributed by atoms with Crippen LogP contribution in [0.4, 0.5) is 5.95 Å². The molecule has 0 saturated heterocycles. The zero-order valence-corrected chi connectivity index (χ0v) is 10.8. The summed E-state index contributed by atoms with van der Waals surface area (Å²) in [5.41, 5.74) is 1.79. The van der Waals surface area contributed by atoms with E-state index in [1.54, 1.807) is 0 Å². The number of anilines is 1. The average Bonchev–Trinajstić information content (AvgIpc) is 3.04. The van der Waals surface area contributed by atoms with E-state index in [0.717, 1.165) is 11.0 Å². The van der Waals surface area contributed by atoms with Gasteiger partial charge in [0.2, 0.25) is 11.9 Å². The SMILES string of the molecule is O=C(CNC1CCCC1)Nc1nc2ccccc2[nH]1. The summed E-state index contributed by atoms with van der Waals surface area (Å²) in [7, 11) is 0. The highest BCUT2D eigenvalue weighted by Crippen LogP contribution is 2.17. The molecule has 0 spiro atoms. The largest absolute Gasteiger partial charge is 0.324 e. The maximum absolute atomic E-state index is 11.8. The number of H-pyrrole nitrogens is 1. The predicted molar refractivity (Wildman–Crippen MR) is 75.0 cm³/mol. The minimum absolute atomic E-state index is 0.0500. The Morgan fingerprint density at radius 2 is 2.11 bits per heavy atom. The van der Waals surface area contributed by atoms with E-state index < -0.39 is 0 Å². The third-order valence-corrected chi connectivity index (χ3v) is 3.55. The summed E-state index contributed by atoms with van der Waals surface area (Å²) in [6.07, 6.45) is 4.89. The Balaban J connectivity index is 1.56. The third kappa shape index (κ3) is 2.93. The summed E-state index contributed by atoms with van der Waals surface area (Å²) < 4.78 is 0. The van der Waals surface area contributed by atoms with Gasteiger partial charge in [0.15, 0.2) is 0 Å². The Hall–Kier alpha value is -1.88. The molecule has 1 aromatic heterocycles. The molecule has 2 aromatic rings. The van der Waals surface area contributed by atoms with E-state index in [0.29, 0.717) is 18.5 Å². The fourth-order valence-electron chi connectivity index (χ4n) is 2.56. The first-order chi connectivity index (χ1) is 9.31. The molecule has 5 heteroatoms. The Labute approximate surface area is 111 Å². The zero-order chi connectivity index (χ0) is 13.1. The summed E-state index contributed by atoms with van der Waals surface area (Å²) >= 11 is 0. The van der Waals surface area contributed by atoms with Crippen LogP contribution >= 0.6 is 0 Å². The molecule has 3 N–H and O–H groups in total. The summed E-state index contributed by atoms with van der Waals surface area (Å²) in [6, 6.07) is 8.22. The molecule has 0 radical (unpaired) electrons. The van der Waals surface area contributed by atoms with Crippen molar-refractivity contribution in [1.82, 2.24) is 15.3 Å². The van der Waals surface area contributed by atoms with Gasteiger partial charge in [0, 0.05) is 6.04 Å². The minimum Gasteiger partial charge on any atom is -0.324 e. The summed E-state index contributed by atoms with van der Waals surface area (Å²) in [5.74, 6) is 0.463. The monoisotopic (exact) mass is 258 g/mol. The Kier molecular flexibility index (Phi) is 3.46. The van der Waals surface area contributed by atoms with Gasteiger partial charge in [-0.1, -0.05) is 25.0 Å². The second kappa shape index (κ2) is 5.40. The van der Waals surface area contributed by atoms with Crippen LogP contribution in [0.2, 0.25) is 0 Å². The van der Waals surface area contributed by atoms with Crippen LogP contribution < -0.4 is 10.6 Å². The summed E-state index contributed by atoms with van der Waals surface area (Å²) in [4.78, 5) is 19.2. The number of hydrogen-bond acceptors (Lipinski definition) is 3. The van der Waals surface area contributed by atoms with Gasteiger partial charge in [0.25, 0.3) is 0 Å². The first-order valence-electron chi connectivity index (χ1n) is 6.79. The van der Waals surface area contributed by atoms with Gasteiger partial charge in [-0.25, -0.2) is 4.98 Å². The highest BCUT2D eigenvalue weighted by Gasteiger charge is 2.15. The molecule has 3 rings (SSSR count). The van der Waals surface area contributed by atoms with Gasteiger partial charge in [-0.3, -0.25) is 10.1 Å². The molecule has 1 amide bonds. The van der Waals surface area contributed by atoms with Gasteiger partial charge in [0.1, 0.15) is 0 Å². The van der Waals surface area contributed by atoms with E-state index in [1.165, 1.54) is 25.7 Å². The number of imidazole rings is 1. The second-order valence-corrected chi connectivity index (χ2v) is 5.01. The maximum atomic E-state index is 11.8. The first kappa shape index (κ1) is 12.2. The molecule has 1 heterocycles. The van der Waals surface area contributed by atoms with Crippen molar-refractivity contribution in [3.63, 3.8) is 0 Å². The van der Waals surface area contributed by atoms with E-state index in [2.05, 4.69) is 20.6 Å². The molecule has 100 valence electrons. The smallest absolute Gasteiger partial charge is 0.240 e. The van der Waals surface area contributed by atoms with Gasteiger partial charge in [0.05, 0.1) is 17.6 Å². The van der Waals surface area contributed by atoms with Crippen molar-refractivity contribution in [3.05, 3.63) is 24.3 Å².